The molecule has 0 spiro atoms. The van der Waals surface area contributed by atoms with E-state index in [2.05, 4.69) is 15.3 Å². The number of carboxylic acids is 1. The molecule has 1 saturated heterocycles. The van der Waals surface area contributed by atoms with Crippen molar-refractivity contribution in [2.75, 3.05) is 12.8 Å². The minimum absolute atomic E-state index is 0.00817. The van der Waals surface area contributed by atoms with Gasteiger partial charge in [-0.15, -0.1) is 11.3 Å². The van der Waals surface area contributed by atoms with Gasteiger partial charge in [-0.25, -0.2) is 13.4 Å². The van der Waals surface area contributed by atoms with Gasteiger partial charge in [0.15, 0.2) is 9.84 Å². The summed E-state index contributed by atoms with van der Waals surface area (Å²) in [7, 11) is -3.61. The SMILES string of the molecule is CS(=O)(=O)c1cc(-c2nc(=O)c3ccc(Cl)cc3s2)nc(C2CCN[C@@H]2C(=O)O)c1. The van der Waals surface area contributed by atoms with E-state index in [1.165, 1.54) is 12.1 Å². The number of nitrogens with one attached hydrogen (secondary N) is 1. The number of aliphatic carboxylic acids is 1. The van der Waals surface area contributed by atoms with Crippen LogP contribution in [0.1, 0.15) is 18.0 Å². The molecule has 0 bridgehead atoms. The fourth-order valence-corrected chi connectivity index (χ4v) is 5.36. The van der Waals surface area contributed by atoms with Gasteiger partial charge in [0.1, 0.15) is 16.7 Å². The summed E-state index contributed by atoms with van der Waals surface area (Å²) in [6, 6.07) is 6.69. The molecule has 0 saturated carbocycles. The van der Waals surface area contributed by atoms with E-state index in [4.69, 9.17) is 11.6 Å². The van der Waals surface area contributed by atoms with E-state index in [9.17, 15) is 23.1 Å². The number of pyridine rings is 1. The van der Waals surface area contributed by atoms with Gasteiger partial charge < -0.3 is 10.4 Å². The largest absolute Gasteiger partial charge is 0.480 e. The van der Waals surface area contributed by atoms with Crippen molar-refractivity contribution in [3.63, 3.8) is 0 Å². The summed E-state index contributed by atoms with van der Waals surface area (Å²) in [5.41, 5.74) is 0.0559. The molecule has 2 aromatic heterocycles. The van der Waals surface area contributed by atoms with Crippen molar-refractivity contribution >= 4 is 48.8 Å². The molecule has 0 radical (unpaired) electrons. The highest BCUT2D eigenvalue weighted by Gasteiger charge is 2.35. The first-order valence-corrected chi connectivity index (χ1v) is 12.0. The van der Waals surface area contributed by atoms with Crippen molar-refractivity contribution in [3.8, 4) is 10.7 Å². The fourth-order valence-electron chi connectivity index (χ4n) is 3.47. The summed E-state index contributed by atoms with van der Waals surface area (Å²) in [6.07, 6.45) is 1.56. The Morgan fingerprint density at radius 1 is 1.27 bits per heavy atom. The highest BCUT2D eigenvalue weighted by Crippen LogP contribution is 2.33. The van der Waals surface area contributed by atoms with E-state index in [1.807, 2.05) is 0 Å². The number of rotatable bonds is 4. The van der Waals surface area contributed by atoms with E-state index in [1.54, 1.807) is 18.2 Å². The Morgan fingerprint density at radius 3 is 2.73 bits per heavy atom. The number of sulfone groups is 1. The van der Waals surface area contributed by atoms with Crippen molar-refractivity contribution in [1.82, 2.24) is 15.3 Å². The van der Waals surface area contributed by atoms with Crippen LogP contribution in [0, 0.1) is 0 Å². The quantitative estimate of drug-likeness (QED) is 0.601. The lowest BCUT2D eigenvalue weighted by molar-refractivity contribution is -0.139. The van der Waals surface area contributed by atoms with Crippen LogP contribution < -0.4 is 10.9 Å². The first-order chi connectivity index (χ1) is 14.1. The molecule has 30 heavy (non-hydrogen) atoms. The average molecular weight is 466 g/mol. The topological polar surface area (TPSA) is 126 Å². The number of carboxylic acid groups (broad SMARTS) is 1. The van der Waals surface area contributed by atoms with Crippen molar-refractivity contribution in [3.05, 3.63) is 51.4 Å². The van der Waals surface area contributed by atoms with Crippen molar-refractivity contribution in [2.24, 2.45) is 0 Å². The number of halogens is 1. The lowest BCUT2D eigenvalue weighted by atomic mass is 9.96. The monoisotopic (exact) mass is 465 g/mol. The van der Waals surface area contributed by atoms with E-state index in [0.29, 0.717) is 33.8 Å². The number of hydrogen-bond donors (Lipinski definition) is 2. The third-order valence-corrected chi connectivity index (χ3v) is 7.30. The van der Waals surface area contributed by atoms with Crippen molar-refractivity contribution in [2.45, 2.75) is 23.3 Å². The number of carbonyl (C=O) groups is 1. The van der Waals surface area contributed by atoms with Crippen LogP contribution in [0.25, 0.3) is 20.8 Å². The van der Waals surface area contributed by atoms with Crippen LogP contribution in [0.2, 0.25) is 5.02 Å². The molecular weight excluding hydrogens is 450 g/mol. The normalized spacial score (nSPS) is 19.3. The second-order valence-electron chi connectivity index (χ2n) is 7.01. The molecule has 0 aliphatic carbocycles. The van der Waals surface area contributed by atoms with Gasteiger partial charge in [0.05, 0.1) is 10.3 Å². The van der Waals surface area contributed by atoms with E-state index < -0.39 is 33.3 Å². The standard InChI is InChI=1S/C19H16ClN3O5S2/c1-30(27,28)10-7-13(11-4-5-21-16(11)19(25)26)22-14(8-10)18-23-17(24)12-3-2-9(20)6-15(12)29-18/h2-3,6-8,11,16,21H,4-5H2,1H3,(H,25,26)/t11?,16-/m0/s1. The molecule has 1 fully saturated rings. The van der Waals surface area contributed by atoms with Crippen LogP contribution in [-0.4, -0.2) is 48.3 Å². The predicted molar refractivity (Wildman–Crippen MR) is 114 cm³/mol. The lowest BCUT2D eigenvalue weighted by Crippen LogP contribution is -2.34. The van der Waals surface area contributed by atoms with Gasteiger partial charge in [0.2, 0.25) is 0 Å². The molecular formula is C19H16ClN3O5S2. The second-order valence-corrected chi connectivity index (χ2v) is 10.5. The highest BCUT2D eigenvalue weighted by molar-refractivity contribution is 7.90. The van der Waals surface area contributed by atoms with Gasteiger partial charge in [0, 0.05) is 27.6 Å². The number of aromatic nitrogens is 2. The fraction of sp³-hybridized carbons (Fsp3) is 0.263. The number of hydrogen-bond acceptors (Lipinski definition) is 8. The van der Waals surface area contributed by atoms with Gasteiger partial charge in [-0.3, -0.25) is 9.59 Å². The molecule has 1 aliphatic rings. The molecule has 3 heterocycles. The average Bonchev–Trinajstić information content (AvgIpc) is 3.17. The molecule has 8 nitrogen and oxygen atoms in total. The van der Waals surface area contributed by atoms with Crippen LogP contribution in [0.5, 0.6) is 0 Å². The van der Waals surface area contributed by atoms with Gasteiger partial charge in [-0.1, -0.05) is 11.6 Å². The Labute approximate surface area is 180 Å². The predicted octanol–water partition coefficient (Wildman–Crippen LogP) is 2.31. The maximum Gasteiger partial charge on any atom is 0.321 e. The zero-order valence-electron chi connectivity index (χ0n) is 15.6. The van der Waals surface area contributed by atoms with Crippen LogP contribution in [0.4, 0.5) is 0 Å². The molecule has 1 aliphatic heterocycles. The van der Waals surface area contributed by atoms with Gasteiger partial charge >= 0.3 is 5.97 Å². The summed E-state index contributed by atoms with van der Waals surface area (Å²) < 4.78 is 25.1. The van der Waals surface area contributed by atoms with Crippen molar-refractivity contribution < 1.29 is 18.3 Å². The molecule has 0 amide bonds. The summed E-state index contributed by atoms with van der Waals surface area (Å²) in [5.74, 6) is -1.54. The number of fused-ring (bicyclic) bond motifs is 1. The van der Waals surface area contributed by atoms with Gasteiger partial charge in [-0.05, 0) is 43.3 Å². The molecule has 4 rings (SSSR count). The third kappa shape index (κ3) is 3.95. The van der Waals surface area contributed by atoms with Crippen LogP contribution in [0.15, 0.2) is 40.0 Å². The Morgan fingerprint density at radius 2 is 2.03 bits per heavy atom. The second kappa shape index (κ2) is 7.69. The lowest BCUT2D eigenvalue weighted by Gasteiger charge is -2.17. The maximum absolute atomic E-state index is 12.5. The van der Waals surface area contributed by atoms with Crippen LogP contribution in [0.3, 0.4) is 0 Å². The first-order valence-electron chi connectivity index (χ1n) is 8.92. The molecule has 156 valence electrons. The molecule has 3 aromatic rings. The minimum Gasteiger partial charge on any atom is -0.480 e. The smallest absolute Gasteiger partial charge is 0.321 e. The highest BCUT2D eigenvalue weighted by atomic mass is 35.5. The summed E-state index contributed by atoms with van der Waals surface area (Å²) >= 11 is 7.20. The molecule has 11 heteroatoms. The maximum atomic E-state index is 12.5. The summed E-state index contributed by atoms with van der Waals surface area (Å²) in [6.45, 7) is 0.474. The Kier molecular flexibility index (Phi) is 5.35. The third-order valence-electron chi connectivity index (χ3n) is 4.92. The van der Waals surface area contributed by atoms with E-state index in [0.717, 1.165) is 17.6 Å². The van der Waals surface area contributed by atoms with Crippen molar-refractivity contribution in [1.29, 1.82) is 0 Å². The van der Waals surface area contributed by atoms with Crippen LogP contribution in [-0.2, 0) is 14.6 Å². The zero-order valence-corrected chi connectivity index (χ0v) is 18.0. The zero-order chi connectivity index (χ0) is 21.6. The van der Waals surface area contributed by atoms with Gasteiger partial charge in [0.25, 0.3) is 5.56 Å². The van der Waals surface area contributed by atoms with Gasteiger partial charge in [-0.2, -0.15) is 4.98 Å². The number of nitrogens with zero attached hydrogens (tertiary/aromatic N) is 2. The first kappa shape index (κ1) is 20.9. The Balaban J connectivity index is 1.93. The molecule has 2 atom stereocenters. The Hall–Kier alpha value is -2.40. The van der Waals surface area contributed by atoms with E-state index >= 15 is 0 Å². The summed E-state index contributed by atoms with van der Waals surface area (Å²) in [4.78, 5) is 32.6. The molecule has 2 N–H and O–H groups in total. The Bertz CT molecular complexity index is 1340. The summed E-state index contributed by atoms with van der Waals surface area (Å²) in [5, 5.41) is 13.5. The molecule has 1 unspecified atom stereocenters. The number of benzene rings is 1. The van der Waals surface area contributed by atoms with E-state index in [-0.39, 0.29) is 15.6 Å². The van der Waals surface area contributed by atoms with Crippen LogP contribution >= 0.6 is 22.9 Å². The minimum atomic E-state index is -3.61. The molecule has 1 aromatic carbocycles.